The molecule has 2 aromatic carbocycles. The number of benzene rings is 2. The second kappa shape index (κ2) is 8.70. The van der Waals surface area contributed by atoms with Crippen LogP contribution in [-0.2, 0) is 10.0 Å². The third kappa shape index (κ3) is 4.25. The second-order valence-electron chi connectivity index (χ2n) is 8.51. The number of rotatable bonds is 4. The Morgan fingerprint density at radius 3 is 2.33 bits per heavy atom. The normalized spacial score (nSPS) is 15.1. The van der Waals surface area contributed by atoms with Crippen molar-refractivity contribution in [3.63, 3.8) is 0 Å². The van der Waals surface area contributed by atoms with Gasteiger partial charge in [0, 0.05) is 40.0 Å². The van der Waals surface area contributed by atoms with Crippen molar-refractivity contribution in [3.8, 4) is 11.1 Å². The maximum atomic E-state index is 13.2. The number of hydrogen-bond acceptors (Lipinski definition) is 4. The Hall–Kier alpha value is -2.49. The SMILES string of the molecule is Cc1ccc(S(=O)(=O)n2cc(I)c3cc(-c4ccc(C5=CCN(C)CC5)cc4)cnc32)cc1. The zero-order valence-electron chi connectivity index (χ0n) is 18.5. The van der Waals surface area contributed by atoms with Crippen molar-refractivity contribution in [1.82, 2.24) is 13.9 Å². The van der Waals surface area contributed by atoms with Gasteiger partial charge in [-0.25, -0.2) is 17.4 Å². The zero-order valence-corrected chi connectivity index (χ0v) is 21.5. The molecule has 0 saturated carbocycles. The summed E-state index contributed by atoms with van der Waals surface area (Å²) in [7, 11) is -1.58. The summed E-state index contributed by atoms with van der Waals surface area (Å²) in [5.41, 5.74) is 6.13. The summed E-state index contributed by atoms with van der Waals surface area (Å²) < 4.78 is 28.6. The topological polar surface area (TPSA) is 55.2 Å². The Morgan fingerprint density at radius 1 is 0.970 bits per heavy atom. The van der Waals surface area contributed by atoms with E-state index in [9.17, 15) is 8.42 Å². The highest BCUT2D eigenvalue weighted by atomic mass is 127. The van der Waals surface area contributed by atoms with Crippen LogP contribution < -0.4 is 0 Å². The molecule has 0 fully saturated rings. The number of fused-ring (bicyclic) bond motifs is 1. The van der Waals surface area contributed by atoms with Crippen LogP contribution >= 0.6 is 22.6 Å². The molecule has 5 rings (SSSR count). The van der Waals surface area contributed by atoms with E-state index in [0.29, 0.717) is 5.65 Å². The molecule has 5 nitrogen and oxygen atoms in total. The van der Waals surface area contributed by atoms with E-state index in [1.165, 1.54) is 15.1 Å². The van der Waals surface area contributed by atoms with E-state index in [2.05, 4.69) is 69.9 Å². The Morgan fingerprint density at radius 2 is 1.67 bits per heavy atom. The lowest BCUT2D eigenvalue weighted by Gasteiger charge is -2.22. The Bertz CT molecular complexity index is 1470. The number of pyridine rings is 1. The molecule has 4 aromatic rings. The van der Waals surface area contributed by atoms with E-state index in [-0.39, 0.29) is 4.90 Å². The minimum atomic E-state index is -3.72. The van der Waals surface area contributed by atoms with Crippen LogP contribution in [0.4, 0.5) is 0 Å². The molecule has 0 bridgehead atoms. The van der Waals surface area contributed by atoms with Crippen molar-refractivity contribution in [2.24, 2.45) is 0 Å². The van der Waals surface area contributed by atoms with Gasteiger partial charge in [-0.15, -0.1) is 0 Å². The maximum Gasteiger partial charge on any atom is 0.269 e. The molecule has 0 radical (unpaired) electrons. The van der Waals surface area contributed by atoms with Gasteiger partial charge in [0.1, 0.15) is 0 Å². The van der Waals surface area contributed by atoms with Gasteiger partial charge in [-0.1, -0.05) is 48.0 Å². The predicted molar refractivity (Wildman–Crippen MR) is 142 cm³/mol. The van der Waals surface area contributed by atoms with Crippen molar-refractivity contribution >= 4 is 49.2 Å². The first kappa shape index (κ1) is 22.3. The standard InChI is InChI=1S/C26H24IN3O2S/c1-18-3-9-23(10-4-18)33(31,32)30-17-25(27)24-15-22(16-28-26(24)30)20-7-5-19(6-8-20)21-11-13-29(2)14-12-21/h3-11,15-17H,12-14H2,1-2H3. The summed E-state index contributed by atoms with van der Waals surface area (Å²) in [6.45, 7) is 4.00. The minimum absolute atomic E-state index is 0.256. The van der Waals surface area contributed by atoms with E-state index in [1.54, 1.807) is 36.7 Å². The first-order valence-electron chi connectivity index (χ1n) is 10.8. The zero-order chi connectivity index (χ0) is 23.2. The molecule has 1 aliphatic heterocycles. The molecule has 3 heterocycles. The number of aromatic nitrogens is 2. The molecule has 0 N–H and O–H groups in total. The van der Waals surface area contributed by atoms with Crippen molar-refractivity contribution in [1.29, 1.82) is 0 Å². The average Bonchev–Trinajstić information content (AvgIpc) is 3.17. The molecular formula is C26H24IN3O2S. The summed E-state index contributed by atoms with van der Waals surface area (Å²) in [4.78, 5) is 7.14. The van der Waals surface area contributed by atoms with Crippen LogP contribution in [0.15, 0.2) is 78.0 Å². The van der Waals surface area contributed by atoms with E-state index in [4.69, 9.17) is 0 Å². The molecular weight excluding hydrogens is 545 g/mol. The summed E-state index contributed by atoms with van der Waals surface area (Å²) in [5, 5.41) is 0.825. The average molecular weight is 569 g/mol. The predicted octanol–water partition coefficient (Wildman–Crippen LogP) is 5.57. The van der Waals surface area contributed by atoms with Gasteiger partial charge < -0.3 is 4.90 Å². The number of nitrogens with zero attached hydrogens (tertiary/aromatic N) is 3. The van der Waals surface area contributed by atoms with Crippen molar-refractivity contribution in [3.05, 3.63) is 87.8 Å². The Kier molecular flexibility index (Phi) is 5.88. The fourth-order valence-electron chi connectivity index (χ4n) is 4.12. The lowest BCUT2D eigenvalue weighted by atomic mass is 9.97. The van der Waals surface area contributed by atoms with Gasteiger partial charge >= 0.3 is 0 Å². The third-order valence-electron chi connectivity index (χ3n) is 6.14. The molecule has 0 amide bonds. The monoisotopic (exact) mass is 569 g/mol. The molecule has 0 atom stereocenters. The van der Waals surface area contributed by atoms with E-state index in [0.717, 1.165) is 45.2 Å². The number of aryl methyl sites for hydroxylation is 1. The van der Waals surface area contributed by atoms with E-state index < -0.39 is 10.0 Å². The maximum absolute atomic E-state index is 13.2. The lowest BCUT2D eigenvalue weighted by molar-refractivity contribution is 0.370. The quantitative estimate of drug-likeness (QED) is 0.302. The first-order valence-corrected chi connectivity index (χ1v) is 13.3. The van der Waals surface area contributed by atoms with Crippen LogP contribution in [0, 0.1) is 10.5 Å². The Labute approximate surface area is 208 Å². The summed E-state index contributed by atoms with van der Waals surface area (Å²) in [5.74, 6) is 0. The van der Waals surface area contributed by atoms with E-state index in [1.807, 2.05) is 13.0 Å². The van der Waals surface area contributed by atoms with Crippen molar-refractivity contribution in [2.45, 2.75) is 18.2 Å². The van der Waals surface area contributed by atoms with Gasteiger partial charge in [-0.2, -0.15) is 0 Å². The molecule has 7 heteroatoms. The fourth-order valence-corrected chi connectivity index (χ4v) is 6.31. The van der Waals surface area contributed by atoms with Gasteiger partial charge in [0.25, 0.3) is 10.0 Å². The van der Waals surface area contributed by atoms with Crippen LogP contribution in [0.1, 0.15) is 17.5 Å². The molecule has 33 heavy (non-hydrogen) atoms. The summed E-state index contributed by atoms with van der Waals surface area (Å²) in [6, 6.07) is 17.5. The summed E-state index contributed by atoms with van der Waals surface area (Å²) in [6.07, 6.45) is 6.76. The van der Waals surface area contributed by atoms with Gasteiger partial charge in [0.2, 0.25) is 0 Å². The highest BCUT2D eigenvalue weighted by molar-refractivity contribution is 14.1. The highest BCUT2D eigenvalue weighted by Crippen LogP contribution is 2.31. The lowest BCUT2D eigenvalue weighted by Crippen LogP contribution is -2.23. The molecule has 1 aliphatic rings. The minimum Gasteiger partial charge on any atom is -0.302 e. The first-order chi connectivity index (χ1) is 15.8. The Balaban J connectivity index is 1.50. The summed E-state index contributed by atoms with van der Waals surface area (Å²) >= 11 is 2.18. The largest absolute Gasteiger partial charge is 0.302 e. The van der Waals surface area contributed by atoms with Gasteiger partial charge in [0.05, 0.1) is 4.90 Å². The molecule has 2 aromatic heterocycles. The third-order valence-corrected chi connectivity index (χ3v) is 8.67. The molecule has 0 saturated heterocycles. The van der Waals surface area contributed by atoms with E-state index >= 15 is 0 Å². The number of likely N-dealkylation sites (N-methyl/N-ethyl adjacent to an activating group) is 1. The van der Waals surface area contributed by atoms with Gasteiger partial charge in [-0.3, -0.25) is 0 Å². The molecule has 168 valence electrons. The number of halogens is 1. The fraction of sp³-hybridized carbons (Fsp3) is 0.192. The van der Waals surface area contributed by atoms with Crippen LogP contribution in [0.3, 0.4) is 0 Å². The van der Waals surface area contributed by atoms with Gasteiger partial charge in [-0.05, 0) is 77.9 Å². The second-order valence-corrected chi connectivity index (χ2v) is 11.5. The van der Waals surface area contributed by atoms with Crippen LogP contribution in [0.25, 0.3) is 27.7 Å². The van der Waals surface area contributed by atoms with Crippen molar-refractivity contribution in [2.75, 3.05) is 20.1 Å². The smallest absolute Gasteiger partial charge is 0.269 e. The van der Waals surface area contributed by atoms with Crippen LogP contribution in [-0.4, -0.2) is 42.4 Å². The highest BCUT2D eigenvalue weighted by Gasteiger charge is 2.22. The molecule has 0 unspecified atom stereocenters. The van der Waals surface area contributed by atoms with Crippen LogP contribution in [0.5, 0.6) is 0 Å². The molecule has 0 spiro atoms. The van der Waals surface area contributed by atoms with Gasteiger partial charge in [0.15, 0.2) is 5.65 Å². The van der Waals surface area contributed by atoms with Crippen molar-refractivity contribution < 1.29 is 8.42 Å². The number of hydrogen-bond donors (Lipinski definition) is 0. The molecule has 0 aliphatic carbocycles. The van der Waals surface area contributed by atoms with Crippen LogP contribution in [0.2, 0.25) is 0 Å².